The number of aromatic nitrogens is 1. The molecule has 0 aliphatic carbocycles. The summed E-state index contributed by atoms with van der Waals surface area (Å²) >= 11 is 12.4. The van der Waals surface area contributed by atoms with Crippen molar-refractivity contribution >= 4 is 40.0 Å². The van der Waals surface area contributed by atoms with Crippen molar-refractivity contribution in [2.24, 2.45) is 5.92 Å². The van der Waals surface area contributed by atoms with E-state index in [1.54, 1.807) is 6.08 Å². The number of benzene rings is 1. The quantitative estimate of drug-likeness (QED) is 0.382. The highest BCUT2D eigenvalue weighted by molar-refractivity contribution is 6.35. The molecule has 0 spiro atoms. The highest BCUT2D eigenvalue weighted by atomic mass is 35.5. The maximum Gasteiger partial charge on any atom is 0.267 e. The van der Waals surface area contributed by atoms with Crippen molar-refractivity contribution in [2.75, 3.05) is 19.6 Å². The van der Waals surface area contributed by atoms with Crippen LogP contribution in [-0.4, -0.2) is 41.1 Å². The minimum absolute atomic E-state index is 0.0511. The number of allylic oxidation sites excluding steroid dienone is 5. The number of likely N-dealkylation sites (tertiary alicyclic amines) is 1. The van der Waals surface area contributed by atoms with E-state index in [1.165, 1.54) is 0 Å². The number of carbonyl (C=O) groups excluding carboxylic acids is 1. The summed E-state index contributed by atoms with van der Waals surface area (Å²) in [5.41, 5.74) is 2.51. The van der Waals surface area contributed by atoms with Crippen LogP contribution < -0.4 is 5.32 Å². The number of nitrogens with zero attached hydrogens (tertiary/aromatic N) is 2. The summed E-state index contributed by atoms with van der Waals surface area (Å²) in [4.78, 5) is 15.7. The topological polar surface area (TPSA) is 37.3 Å². The second-order valence-electron chi connectivity index (χ2n) is 8.71. The highest BCUT2D eigenvalue weighted by Gasteiger charge is 2.22. The van der Waals surface area contributed by atoms with Crippen LogP contribution in [0.4, 0.5) is 0 Å². The molecule has 1 N–H and O–H groups in total. The average molecular weight is 505 g/mol. The molecular weight excluding hydrogens is 465 g/mol. The summed E-state index contributed by atoms with van der Waals surface area (Å²) in [7, 11) is 0. The number of rotatable bonds is 8. The summed E-state index contributed by atoms with van der Waals surface area (Å²) in [6, 6.07) is 10.6. The van der Waals surface area contributed by atoms with Gasteiger partial charge in [-0.1, -0.05) is 67.9 Å². The normalized spacial score (nSPS) is 15.9. The third-order valence-electron chi connectivity index (χ3n) is 6.24. The number of para-hydroxylation sites is 1. The molecule has 186 valence electrons. The molecule has 6 heteroatoms. The predicted octanol–water partition coefficient (Wildman–Crippen LogP) is 7.34. The minimum Gasteiger partial charge on any atom is -0.350 e. The largest absolute Gasteiger partial charge is 0.350 e. The monoisotopic (exact) mass is 503 g/mol. The molecule has 1 aromatic carbocycles. The van der Waals surface area contributed by atoms with Crippen LogP contribution in [0.1, 0.15) is 57.9 Å². The zero-order valence-electron chi connectivity index (χ0n) is 21.2. The zero-order chi connectivity index (χ0) is 25.3. The molecule has 0 atom stereocenters. The molecule has 1 aromatic heterocycles. The summed E-state index contributed by atoms with van der Waals surface area (Å²) in [5, 5.41) is 5.10. The van der Waals surface area contributed by atoms with Crippen LogP contribution in [0.25, 0.3) is 10.9 Å². The Balaban J connectivity index is 0.00000199. The average Bonchev–Trinajstić information content (AvgIpc) is 3.20. The molecule has 4 nitrogen and oxygen atoms in total. The van der Waals surface area contributed by atoms with E-state index in [1.807, 2.05) is 61.7 Å². The van der Waals surface area contributed by atoms with E-state index >= 15 is 0 Å². The van der Waals surface area contributed by atoms with Gasteiger partial charge in [-0.2, -0.15) is 0 Å². The van der Waals surface area contributed by atoms with Crippen LogP contribution in [0.5, 0.6) is 0 Å². The van der Waals surface area contributed by atoms with Crippen LogP contribution in [0.15, 0.2) is 64.7 Å². The number of carbonyl (C=O) groups is 1. The SMILES string of the molecule is C=C(Cl)/C=C(Cl)\C(=C/C)Cn1c(C(=O)NCC2CCN(C(C)C)CC2)cc2ccccc21.CC. The number of hydrogen-bond acceptors (Lipinski definition) is 2. The van der Waals surface area contributed by atoms with Gasteiger partial charge in [0.2, 0.25) is 0 Å². The van der Waals surface area contributed by atoms with Crippen molar-refractivity contribution in [3.8, 4) is 0 Å². The number of halogens is 2. The van der Waals surface area contributed by atoms with Gasteiger partial charge in [0.15, 0.2) is 0 Å². The van der Waals surface area contributed by atoms with Crippen molar-refractivity contribution < 1.29 is 4.79 Å². The predicted molar refractivity (Wildman–Crippen MR) is 148 cm³/mol. The van der Waals surface area contributed by atoms with Gasteiger partial charge in [0.05, 0.1) is 0 Å². The lowest BCUT2D eigenvalue weighted by Gasteiger charge is -2.34. The molecule has 1 amide bonds. The van der Waals surface area contributed by atoms with Gasteiger partial charge in [-0.25, -0.2) is 0 Å². The van der Waals surface area contributed by atoms with Gasteiger partial charge in [0.25, 0.3) is 5.91 Å². The van der Waals surface area contributed by atoms with E-state index in [4.69, 9.17) is 23.2 Å². The third-order valence-corrected chi connectivity index (χ3v) is 6.70. The third kappa shape index (κ3) is 7.49. The van der Waals surface area contributed by atoms with Gasteiger partial charge in [-0.15, -0.1) is 0 Å². The van der Waals surface area contributed by atoms with Crippen molar-refractivity contribution in [3.05, 3.63) is 70.4 Å². The Morgan fingerprint density at radius 2 is 1.85 bits per heavy atom. The van der Waals surface area contributed by atoms with Crippen LogP contribution in [0.3, 0.4) is 0 Å². The lowest BCUT2D eigenvalue weighted by atomic mass is 9.96. The fourth-order valence-electron chi connectivity index (χ4n) is 4.28. The number of amides is 1. The van der Waals surface area contributed by atoms with E-state index in [0.29, 0.717) is 40.8 Å². The Morgan fingerprint density at radius 1 is 1.21 bits per heavy atom. The van der Waals surface area contributed by atoms with E-state index in [2.05, 4.69) is 30.6 Å². The first-order valence-electron chi connectivity index (χ1n) is 12.3. The molecule has 1 fully saturated rings. The molecule has 34 heavy (non-hydrogen) atoms. The Kier molecular flexibility index (Phi) is 11.4. The van der Waals surface area contributed by atoms with Crippen LogP contribution >= 0.6 is 23.2 Å². The van der Waals surface area contributed by atoms with E-state index in [0.717, 1.165) is 42.4 Å². The maximum absolute atomic E-state index is 13.2. The molecule has 0 radical (unpaired) electrons. The molecule has 2 aromatic rings. The molecular formula is C28H39Cl2N3O. The van der Waals surface area contributed by atoms with E-state index < -0.39 is 0 Å². The van der Waals surface area contributed by atoms with Gasteiger partial charge < -0.3 is 14.8 Å². The molecule has 1 saturated heterocycles. The fraction of sp³-hybridized carbons (Fsp3) is 0.464. The summed E-state index contributed by atoms with van der Waals surface area (Å²) < 4.78 is 2.02. The van der Waals surface area contributed by atoms with Crippen molar-refractivity contribution in [1.82, 2.24) is 14.8 Å². The first-order chi connectivity index (χ1) is 16.3. The lowest BCUT2D eigenvalue weighted by Crippen LogP contribution is -2.41. The Hall–Kier alpha value is -2.01. The van der Waals surface area contributed by atoms with Crippen molar-refractivity contribution in [2.45, 2.75) is 60.0 Å². The number of piperidine rings is 1. The second-order valence-corrected chi connectivity index (χ2v) is 9.60. The van der Waals surface area contributed by atoms with Crippen molar-refractivity contribution in [3.63, 3.8) is 0 Å². The van der Waals surface area contributed by atoms with Gasteiger partial charge in [-0.05, 0) is 76.4 Å². The van der Waals surface area contributed by atoms with Gasteiger partial charge in [-0.3, -0.25) is 4.79 Å². The van der Waals surface area contributed by atoms with Crippen LogP contribution in [0, 0.1) is 5.92 Å². The molecule has 1 aliphatic heterocycles. The van der Waals surface area contributed by atoms with E-state index in [9.17, 15) is 4.79 Å². The number of hydrogen-bond donors (Lipinski definition) is 1. The van der Waals surface area contributed by atoms with E-state index in [-0.39, 0.29) is 5.91 Å². The molecule has 0 unspecified atom stereocenters. The van der Waals surface area contributed by atoms with Gasteiger partial charge >= 0.3 is 0 Å². The first-order valence-corrected chi connectivity index (χ1v) is 13.0. The second kappa shape index (κ2) is 13.8. The Morgan fingerprint density at radius 3 is 2.44 bits per heavy atom. The summed E-state index contributed by atoms with van der Waals surface area (Å²) in [6.45, 7) is 17.5. The molecule has 0 bridgehead atoms. The Labute approximate surface area is 215 Å². The van der Waals surface area contributed by atoms with Crippen molar-refractivity contribution in [1.29, 1.82) is 0 Å². The molecule has 0 saturated carbocycles. The minimum atomic E-state index is -0.0511. The molecule has 2 heterocycles. The number of nitrogens with one attached hydrogen (secondary N) is 1. The Bertz CT molecular complexity index is 1030. The zero-order valence-corrected chi connectivity index (χ0v) is 22.7. The van der Waals surface area contributed by atoms with Gasteiger partial charge in [0, 0.05) is 40.1 Å². The number of fused-ring (bicyclic) bond motifs is 1. The van der Waals surface area contributed by atoms with Crippen LogP contribution in [-0.2, 0) is 6.54 Å². The maximum atomic E-state index is 13.2. The summed E-state index contributed by atoms with van der Waals surface area (Å²) in [5.74, 6) is 0.467. The summed E-state index contributed by atoms with van der Waals surface area (Å²) in [6.07, 6.45) is 5.81. The first kappa shape index (κ1) is 28.2. The fourth-order valence-corrected chi connectivity index (χ4v) is 4.74. The molecule has 3 rings (SSSR count). The molecule has 1 aliphatic rings. The smallest absolute Gasteiger partial charge is 0.267 e. The van der Waals surface area contributed by atoms with Gasteiger partial charge in [0.1, 0.15) is 5.69 Å². The van der Waals surface area contributed by atoms with Crippen LogP contribution in [0.2, 0.25) is 0 Å². The highest BCUT2D eigenvalue weighted by Crippen LogP contribution is 2.26. The standard InChI is InChI=1S/C26H33Cl2N3O.C2H6/c1-5-21(23(28)14-19(4)27)17-31-24-9-7-6-8-22(24)15-25(31)26(32)29-16-20-10-12-30(13-11-20)18(2)3;1-2/h5-9,14-15,18,20H,4,10-13,16-17H2,1-3H3,(H,29,32);1-2H3/b21-5-,23-14+;. The lowest BCUT2D eigenvalue weighted by molar-refractivity contribution is 0.0921.